The van der Waals surface area contributed by atoms with E-state index in [4.69, 9.17) is 0 Å². The highest BCUT2D eigenvalue weighted by molar-refractivity contribution is 5.81. The molecule has 0 amide bonds. The predicted molar refractivity (Wildman–Crippen MR) is 111 cm³/mol. The van der Waals surface area contributed by atoms with Crippen molar-refractivity contribution in [3.63, 3.8) is 0 Å². The first-order valence-electron chi connectivity index (χ1n) is 10.3. The molecule has 3 aromatic rings. The lowest BCUT2D eigenvalue weighted by Crippen LogP contribution is -2.43. The van der Waals surface area contributed by atoms with Crippen LogP contribution in [0.4, 0.5) is 0 Å². The summed E-state index contributed by atoms with van der Waals surface area (Å²) in [7, 11) is 0. The SMILES string of the molecule is c1nc2ccc(-c3ccc(CN4CCC(N5CCCC5)CC4)cc3)cc2[nH]1. The number of H-pyrrole nitrogens is 1. The molecule has 0 aliphatic carbocycles. The largest absolute Gasteiger partial charge is 0.345 e. The van der Waals surface area contributed by atoms with Gasteiger partial charge in [-0.15, -0.1) is 0 Å². The number of nitrogens with zero attached hydrogens (tertiary/aromatic N) is 3. The Labute approximate surface area is 161 Å². The summed E-state index contributed by atoms with van der Waals surface area (Å²) in [5.41, 5.74) is 6.04. The van der Waals surface area contributed by atoms with Crippen LogP contribution in [0.3, 0.4) is 0 Å². The molecule has 2 saturated heterocycles. The molecule has 4 nitrogen and oxygen atoms in total. The van der Waals surface area contributed by atoms with Crippen LogP contribution in [0.1, 0.15) is 31.2 Å². The Hall–Kier alpha value is -2.17. The number of nitrogens with one attached hydrogen (secondary N) is 1. The van der Waals surface area contributed by atoms with Crippen molar-refractivity contribution in [2.75, 3.05) is 26.2 Å². The number of rotatable bonds is 4. The average molecular weight is 361 g/mol. The van der Waals surface area contributed by atoms with E-state index in [-0.39, 0.29) is 0 Å². The van der Waals surface area contributed by atoms with Crippen LogP contribution in [-0.4, -0.2) is 52.0 Å². The van der Waals surface area contributed by atoms with Crippen LogP contribution in [0.5, 0.6) is 0 Å². The Morgan fingerprint density at radius 2 is 1.63 bits per heavy atom. The fraction of sp³-hybridized carbons (Fsp3) is 0.435. The summed E-state index contributed by atoms with van der Waals surface area (Å²) in [6.07, 6.45) is 7.23. The van der Waals surface area contributed by atoms with Crippen molar-refractivity contribution in [2.24, 2.45) is 0 Å². The Kier molecular flexibility index (Phi) is 4.68. The van der Waals surface area contributed by atoms with E-state index in [1.807, 2.05) is 0 Å². The summed E-state index contributed by atoms with van der Waals surface area (Å²) in [6.45, 7) is 6.21. The third kappa shape index (κ3) is 3.64. The van der Waals surface area contributed by atoms with Crippen LogP contribution >= 0.6 is 0 Å². The van der Waals surface area contributed by atoms with Gasteiger partial charge in [0.25, 0.3) is 0 Å². The number of fused-ring (bicyclic) bond motifs is 1. The molecule has 2 aliphatic heterocycles. The van der Waals surface area contributed by atoms with Gasteiger partial charge in [-0.1, -0.05) is 30.3 Å². The topological polar surface area (TPSA) is 35.2 Å². The maximum Gasteiger partial charge on any atom is 0.0931 e. The van der Waals surface area contributed by atoms with Crippen molar-refractivity contribution in [1.29, 1.82) is 0 Å². The number of hydrogen-bond donors (Lipinski definition) is 1. The normalized spacial score (nSPS) is 19.9. The summed E-state index contributed by atoms with van der Waals surface area (Å²) in [4.78, 5) is 12.8. The molecule has 3 heterocycles. The van der Waals surface area contributed by atoms with Crippen LogP contribution in [0.2, 0.25) is 0 Å². The first-order chi connectivity index (χ1) is 13.3. The van der Waals surface area contributed by atoms with E-state index in [0.717, 1.165) is 23.6 Å². The smallest absolute Gasteiger partial charge is 0.0931 e. The predicted octanol–water partition coefficient (Wildman–Crippen LogP) is 4.29. The molecule has 2 aliphatic rings. The first kappa shape index (κ1) is 17.0. The van der Waals surface area contributed by atoms with E-state index in [1.54, 1.807) is 6.33 Å². The zero-order chi connectivity index (χ0) is 18.1. The van der Waals surface area contributed by atoms with Crippen molar-refractivity contribution in [3.05, 3.63) is 54.4 Å². The van der Waals surface area contributed by atoms with Crippen molar-refractivity contribution >= 4 is 11.0 Å². The van der Waals surface area contributed by atoms with Crippen LogP contribution in [-0.2, 0) is 6.54 Å². The third-order valence-corrected chi connectivity index (χ3v) is 6.33. The quantitative estimate of drug-likeness (QED) is 0.754. The standard InChI is InChI=1S/C23H28N4/c1-2-12-27(11-1)21-9-13-26(14-10-21)16-18-3-5-19(6-4-18)20-7-8-22-23(15-20)25-17-24-22/h3-8,15,17,21H,1-2,9-14,16H2,(H,24,25). The summed E-state index contributed by atoms with van der Waals surface area (Å²) in [6, 6.07) is 16.3. The second kappa shape index (κ2) is 7.45. The van der Waals surface area contributed by atoms with Gasteiger partial charge in [0.1, 0.15) is 0 Å². The fourth-order valence-corrected chi connectivity index (χ4v) is 4.73. The molecular weight excluding hydrogens is 332 g/mol. The molecule has 0 saturated carbocycles. The number of aromatic nitrogens is 2. The number of piperidine rings is 1. The zero-order valence-electron chi connectivity index (χ0n) is 15.9. The van der Waals surface area contributed by atoms with Crippen LogP contribution < -0.4 is 0 Å². The van der Waals surface area contributed by atoms with E-state index in [0.29, 0.717) is 0 Å². The van der Waals surface area contributed by atoms with E-state index in [1.165, 1.54) is 68.6 Å². The lowest BCUT2D eigenvalue weighted by molar-refractivity contribution is 0.122. The maximum absolute atomic E-state index is 4.30. The van der Waals surface area contributed by atoms with Crippen LogP contribution in [0.15, 0.2) is 48.8 Å². The first-order valence-corrected chi connectivity index (χ1v) is 10.3. The minimum Gasteiger partial charge on any atom is -0.345 e. The van der Waals surface area contributed by atoms with Gasteiger partial charge in [0.05, 0.1) is 17.4 Å². The Bertz CT molecular complexity index is 884. The van der Waals surface area contributed by atoms with Crippen molar-refractivity contribution < 1.29 is 0 Å². The molecule has 1 N–H and O–H groups in total. The highest BCUT2D eigenvalue weighted by Gasteiger charge is 2.26. The molecule has 0 radical (unpaired) electrons. The molecule has 140 valence electrons. The Morgan fingerprint density at radius 3 is 2.41 bits per heavy atom. The summed E-state index contributed by atoms with van der Waals surface area (Å²) < 4.78 is 0. The number of likely N-dealkylation sites (tertiary alicyclic amines) is 2. The van der Waals surface area contributed by atoms with Gasteiger partial charge >= 0.3 is 0 Å². The van der Waals surface area contributed by atoms with Gasteiger partial charge in [0.2, 0.25) is 0 Å². The second-order valence-corrected chi connectivity index (χ2v) is 8.08. The van der Waals surface area contributed by atoms with Crippen LogP contribution in [0, 0.1) is 0 Å². The van der Waals surface area contributed by atoms with Gasteiger partial charge in [-0.3, -0.25) is 4.90 Å². The second-order valence-electron chi connectivity index (χ2n) is 8.08. The zero-order valence-corrected chi connectivity index (χ0v) is 15.9. The Morgan fingerprint density at radius 1 is 0.889 bits per heavy atom. The van der Waals surface area contributed by atoms with E-state index in [2.05, 4.69) is 62.2 Å². The molecule has 5 rings (SSSR count). The Balaban J connectivity index is 1.20. The van der Waals surface area contributed by atoms with Gasteiger partial charge in [0.15, 0.2) is 0 Å². The van der Waals surface area contributed by atoms with Gasteiger partial charge in [-0.05, 0) is 80.7 Å². The molecule has 0 atom stereocenters. The van der Waals surface area contributed by atoms with Crippen molar-refractivity contribution in [1.82, 2.24) is 19.8 Å². The van der Waals surface area contributed by atoms with Gasteiger partial charge in [0, 0.05) is 12.6 Å². The molecule has 0 bridgehead atoms. The summed E-state index contributed by atoms with van der Waals surface area (Å²) in [5.74, 6) is 0. The molecule has 1 aromatic heterocycles. The van der Waals surface area contributed by atoms with Gasteiger partial charge < -0.3 is 9.88 Å². The van der Waals surface area contributed by atoms with Crippen molar-refractivity contribution in [2.45, 2.75) is 38.3 Å². The summed E-state index contributed by atoms with van der Waals surface area (Å²) >= 11 is 0. The van der Waals surface area contributed by atoms with Gasteiger partial charge in [-0.25, -0.2) is 4.98 Å². The molecule has 2 fully saturated rings. The highest BCUT2D eigenvalue weighted by atomic mass is 15.2. The lowest BCUT2D eigenvalue weighted by atomic mass is 10.0. The summed E-state index contributed by atoms with van der Waals surface area (Å²) in [5, 5.41) is 0. The lowest BCUT2D eigenvalue weighted by Gasteiger charge is -2.36. The highest BCUT2D eigenvalue weighted by Crippen LogP contribution is 2.25. The van der Waals surface area contributed by atoms with Gasteiger partial charge in [-0.2, -0.15) is 0 Å². The number of aromatic amines is 1. The maximum atomic E-state index is 4.30. The van der Waals surface area contributed by atoms with E-state index in [9.17, 15) is 0 Å². The number of benzene rings is 2. The molecule has 4 heteroatoms. The molecular formula is C23H28N4. The molecule has 27 heavy (non-hydrogen) atoms. The number of hydrogen-bond acceptors (Lipinski definition) is 3. The fourth-order valence-electron chi connectivity index (χ4n) is 4.73. The van der Waals surface area contributed by atoms with Crippen molar-refractivity contribution in [3.8, 4) is 11.1 Å². The molecule has 0 spiro atoms. The third-order valence-electron chi connectivity index (χ3n) is 6.33. The minimum atomic E-state index is 0.837. The van der Waals surface area contributed by atoms with E-state index >= 15 is 0 Å². The number of imidazole rings is 1. The monoisotopic (exact) mass is 360 g/mol. The van der Waals surface area contributed by atoms with Crippen LogP contribution in [0.25, 0.3) is 22.2 Å². The minimum absolute atomic E-state index is 0.837. The van der Waals surface area contributed by atoms with E-state index < -0.39 is 0 Å². The average Bonchev–Trinajstić information content (AvgIpc) is 3.41. The molecule has 2 aromatic carbocycles. The molecule has 0 unspecified atom stereocenters.